The zero-order valence-corrected chi connectivity index (χ0v) is 12.8. The van der Waals surface area contributed by atoms with E-state index in [2.05, 4.69) is 10.2 Å². The summed E-state index contributed by atoms with van der Waals surface area (Å²) in [6, 6.07) is 0. The highest BCUT2D eigenvalue weighted by molar-refractivity contribution is 7.89. The molecule has 0 atom stereocenters. The van der Waals surface area contributed by atoms with Crippen molar-refractivity contribution in [3.63, 3.8) is 0 Å². The maximum Gasteiger partial charge on any atom is 0.246 e. The average molecular weight is 285 g/mol. The van der Waals surface area contributed by atoms with Crippen molar-refractivity contribution >= 4 is 10.0 Å². The predicted molar refractivity (Wildman–Crippen MR) is 74.5 cm³/mol. The molecule has 0 aliphatic heterocycles. The molecule has 1 aromatic heterocycles. The summed E-state index contributed by atoms with van der Waals surface area (Å²) >= 11 is 0. The Balaban J connectivity index is 2.15. The van der Waals surface area contributed by atoms with Crippen LogP contribution in [0.5, 0.6) is 0 Å². The van der Waals surface area contributed by atoms with Crippen molar-refractivity contribution in [1.29, 1.82) is 0 Å². The molecular formula is C13H23N3O2S. The van der Waals surface area contributed by atoms with Crippen molar-refractivity contribution in [1.82, 2.24) is 14.5 Å². The molecule has 2 rings (SSSR count). The topological polar surface area (TPSA) is 66.1 Å². The maximum atomic E-state index is 12.6. The van der Waals surface area contributed by atoms with Crippen LogP contribution in [0, 0.1) is 19.8 Å². The number of hydrogen-bond acceptors (Lipinski definition) is 3. The molecule has 0 spiro atoms. The van der Waals surface area contributed by atoms with Crippen LogP contribution < -0.4 is 0 Å². The molecule has 108 valence electrons. The summed E-state index contributed by atoms with van der Waals surface area (Å²) in [5, 5.41) is 6.73. The van der Waals surface area contributed by atoms with E-state index < -0.39 is 10.0 Å². The van der Waals surface area contributed by atoms with Crippen molar-refractivity contribution in [2.45, 2.75) is 50.8 Å². The zero-order valence-electron chi connectivity index (χ0n) is 11.9. The van der Waals surface area contributed by atoms with E-state index in [4.69, 9.17) is 0 Å². The van der Waals surface area contributed by atoms with E-state index in [1.807, 2.05) is 0 Å². The van der Waals surface area contributed by atoms with Crippen LogP contribution in [0.2, 0.25) is 0 Å². The van der Waals surface area contributed by atoms with Crippen LogP contribution in [0.25, 0.3) is 0 Å². The molecule has 1 aliphatic carbocycles. The van der Waals surface area contributed by atoms with Crippen molar-refractivity contribution in [3.05, 3.63) is 11.4 Å². The first-order chi connectivity index (χ1) is 8.93. The van der Waals surface area contributed by atoms with Crippen molar-refractivity contribution in [2.75, 3.05) is 13.6 Å². The Morgan fingerprint density at radius 2 is 1.89 bits per heavy atom. The van der Waals surface area contributed by atoms with Gasteiger partial charge in [-0.05, 0) is 32.6 Å². The molecule has 1 N–H and O–H groups in total. The molecule has 1 aromatic rings. The number of aromatic nitrogens is 2. The minimum atomic E-state index is -3.42. The molecule has 0 saturated heterocycles. The molecule has 6 heteroatoms. The van der Waals surface area contributed by atoms with Crippen LogP contribution in [0.15, 0.2) is 4.90 Å². The summed E-state index contributed by atoms with van der Waals surface area (Å²) in [4.78, 5) is 0.339. The molecule has 0 aromatic carbocycles. The lowest BCUT2D eigenvalue weighted by Gasteiger charge is -2.26. The van der Waals surface area contributed by atoms with E-state index in [0.717, 1.165) is 12.8 Å². The SMILES string of the molecule is Cc1n[nH]c(C)c1S(=O)(=O)N(C)CC1CCCCC1. The van der Waals surface area contributed by atoms with E-state index in [9.17, 15) is 8.42 Å². The lowest BCUT2D eigenvalue weighted by atomic mass is 9.89. The van der Waals surface area contributed by atoms with Gasteiger partial charge in [-0.25, -0.2) is 12.7 Å². The highest BCUT2D eigenvalue weighted by Gasteiger charge is 2.29. The van der Waals surface area contributed by atoms with Gasteiger partial charge in [0.1, 0.15) is 4.90 Å². The van der Waals surface area contributed by atoms with Gasteiger partial charge in [-0.1, -0.05) is 19.3 Å². The minimum absolute atomic E-state index is 0.339. The zero-order chi connectivity index (χ0) is 14.0. The average Bonchev–Trinajstić information content (AvgIpc) is 2.70. The second-order valence-corrected chi connectivity index (χ2v) is 7.53. The standard InChI is InChI=1S/C13H23N3O2S/c1-10-13(11(2)15-14-10)19(17,18)16(3)9-12-7-5-4-6-8-12/h12H,4-9H2,1-3H3,(H,14,15). The predicted octanol–water partition coefficient (Wildman–Crippen LogP) is 2.23. The van der Waals surface area contributed by atoms with E-state index in [-0.39, 0.29) is 0 Å². The van der Waals surface area contributed by atoms with Crippen LogP contribution in [0.4, 0.5) is 0 Å². The quantitative estimate of drug-likeness (QED) is 0.922. The monoisotopic (exact) mass is 285 g/mol. The van der Waals surface area contributed by atoms with Crippen LogP contribution in [-0.2, 0) is 10.0 Å². The third-order valence-electron chi connectivity index (χ3n) is 3.97. The summed E-state index contributed by atoms with van der Waals surface area (Å²) in [5.74, 6) is 0.501. The largest absolute Gasteiger partial charge is 0.281 e. The molecule has 1 heterocycles. The first-order valence-electron chi connectivity index (χ1n) is 6.91. The fourth-order valence-electron chi connectivity index (χ4n) is 2.91. The Bertz CT molecular complexity index is 511. The van der Waals surface area contributed by atoms with Gasteiger partial charge in [0.25, 0.3) is 0 Å². The summed E-state index contributed by atoms with van der Waals surface area (Å²) in [7, 11) is -1.74. The number of aryl methyl sites for hydroxylation is 2. The number of rotatable bonds is 4. The molecule has 1 saturated carbocycles. The lowest BCUT2D eigenvalue weighted by Crippen LogP contribution is -2.33. The highest BCUT2D eigenvalue weighted by Crippen LogP contribution is 2.27. The van der Waals surface area contributed by atoms with Crippen LogP contribution in [-0.4, -0.2) is 36.5 Å². The first-order valence-corrected chi connectivity index (χ1v) is 8.35. The minimum Gasteiger partial charge on any atom is -0.281 e. The molecule has 19 heavy (non-hydrogen) atoms. The Labute approximate surface area is 115 Å². The molecule has 1 fully saturated rings. The number of nitrogens with zero attached hydrogens (tertiary/aromatic N) is 2. The van der Waals surface area contributed by atoms with Gasteiger partial charge < -0.3 is 0 Å². The number of sulfonamides is 1. The Kier molecular flexibility index (Phi) is 4.30. The van der Waals surface area contributed by atoms with Crippen LogP contribution >= 0.6 is 0 Å². The summed E-state index contributed by atoms with van der Waals surface area (Å²) < 4.78 is 26.6. The summed E-state index contributed by atoms with van der Waals surface area (Å²) in [5.41, 5.74) is 1.17. The molecule has 1 aliphatic rings. The molecule has 0 unspecified atom stereocenters. The number of H-pyrrole nitrogens is 1. The Hall–Kier alpha value is -0.880. The van der Waals surface area contributed by atoms with Gasteiger partial charge in [-0.15, -0.1) is 0 Å². The number of nitrogens with one attached hydrogen (secondary N) is 1. The van der Waals surface area contributed by atoms with Gasteiger partial charge in [0.15, 0.2) is 0 Å². The Morgan fingerprint density at radius 1 is 1.26 bits per heavy atom. The van der Waals surface area contributed by atoms with Crippen LogP contribution in [0.3, 0.4) is 0 Å². The molecule has 0 amide bonds. The van der Waals surface area contributed by atoms with E-state index >= 15 is 0 Å². The molecule has 5 nitrogen and oxygen atoms in total. The van der Waals surface area contributed by atoms with E-state index in [0.29, 0.717) is 28.7 Å². The normalized spacial score (nSPS) is 18.1. The number of hydrogen-bond donors (Lipinski definition) is 1. The Morgan fingerprint density at radius 3 is 2.42 bits per heavy atom. The second kappa shape index (κ2) is 5.63. The smallest absolute Gasteiger partial charge is 0.246 e. The van der Waals surface area contributed by atoms with Gasteiger partial charge in [0.05, 0.1) is 11.4 Å². The van der Waals surface area contributed by atoms with Gasteiger partial charge in [-0.2, -0.15) is 5.10 Å². The second-order valence-electron chi connectivity index (χ2n) is 5.55. The molecule has 0 bridgehead atoms. The van der Waals surface area contributed by atoms with Gasteiger partial charge in [0, 0.05) is 13.6 Å². The van der Waals surface area contributed by atoms with Crippen molar-refractivity contribution in [2.24, 2.45) is 5.92 Å². The van der Waals surface area contributed by atoms with Crippen LogP contribution in [0.1, 0.15) is 43.5 Å². The van der Waals surface area contributed by atoms with Crippen molar-refractivity contribution in [3.8, 4) is 0 Å². The van der Waals surface area contributed by atoms with Gasteiger partial charge in [-0.3, -0.25) is 5.10 Å². The molecule has 0 radical (unpaired) electrons. The third-order valence-corrected chi connectivity index (χ3v) is 6.06. The van der Waals surface area contributed by atoms with Gasteiger partial charge in [0.2, 0.25) is 10.0 Å². The van der Waals surface area contributed by atoms with Gasteiger partial charge >= 0.3 is 0 Å². The summed E-state index contributed by atoms with van der Waals surface area (Å²) in [6.45, 7) is 4.10. The fraction of sp³-hybridized carbons (Fsp3) is 0.769. The van der Waals surface area contributed by atoms with E-state index in [1.54, 1.807) is 20.9 Å². The first kappa shape index (κ1) is 14.5. The summed E-state index contributed by atoms with van der Waals surface area (Å²) in [6.07, 6.45) is 6.02. The van der Waals surface area contributed by atoms with Crippen molar-refractivity contribution < 1.29 is 8.42 Å². The lowest BCUT2D eigenvalue weighted by molar-refractivity contribution is 0.300. The third kappa shape index (κ3) is 3.00. The number of aromatic amines is 1. The molecular weight excluding hydrogens is 262 g/mol. The highest BCUT2D eigenvalue weighted by atomic mass is 32.2. The van der Waals surface area contributed by atoms with E-state index in [1.165, 1.54) is 23.6 Å². The maximum absolute atomic E-state index is 12.6. The fourth-order valence-corrected chi connectivity index (χ4v) is 4.48.